The van der Waals surface area contributed by atoms with Crippen LogP contribution in [-0.4, -0.2) is 49.4 Å². The third-order valence-electron chi connectivity index (χ3n) is 4.93. The van der Waals surface area contributed by atoms with Gasteiger partial charge in [-0.05, 0) is 82.4 Å². The largest absolute Gasteiger partial charge is 0.494 e. The van der Waals surface area contributed by atoms with Gasteiger partial charge in [-0.3, -0.25) is 9.59 Å². The zero-order valence-corrected chi connectivity index (χ0v) is 16.1. The molecule has 26 heavy (non-hydrogen) atoms. The number of ether oxygens (including phenoxy) is 1. The fourth-order valence-corrected chi connectivity index (χ4v) is 3.11. The number of hydrogen-bond acceptors (Lipinski definition) is 4. The third-order valence-corrected chi connectivity index (χ3v) is 4.93. The Balaban J connectivity index is 1.49. The minimum Gasteiger partial charge on any atom is -0.494 e. The summed E-state index contributed by atoms with van der Waals surface area (Å²) in [6, 6.07) is 7.09. The maximum absolute atomic E-state index is 11.9. The highest BCUT2D eigenvalue weighted by atomic mass is 16.5. The standard InChI is InChI=1S/C21H32N2O3/c1-17-10-14-23(15-11-17)13-4-12-22-21(25)5-3-16-26-20-8-6-19(7-9-20)18(2)24/h6-9,17H,3-5,10-16H2,1-2H3,(H,22,25). The molecule has 0 aliphatic carbocycles. The molecule has 1 N–H and O–H groups in total. The van der Waals surface area contributed by atoms with E-state index in [0.29, 0.717) is 25.0 Å². The normalized spacial score (nSPS) is 15.6. The van der Waals surface area contributed by atoms with E-state index in [-0.39, 0.29) is 11.7 Å². The van der Waals surface area contributed by atoms with Crippen molar-refractivity contribution >= 4 is 11.7 Å². The highest BCUT2D eigenvalue weighted by molar-refractivity contribution is 5.94. The molecular weight excluding hydrogens is 328 g/mol. The van der Waals surface area contributed by atoms with Crippen molar-refractivity contribution < 1.29 is 14.3 Å². The number of ketones is 1. The van der Waals surface area contributed by atoms with Gasteiger partial charge >= 0.3 is 0 Å². The van der Waals surface area contributed by atoms with Crippen LogP contribution < -0.4 is 10.1 Å². The number of rotatable bonds is 10. The van der Waals surface area contributed by atoms with Crippen molar-refractivity contribution in [1.82, 2.24) is 10.2 Å². The number of carbonyl (C=O) groups excluding carboxylic acids is 2. The first-order chi connectivity index (χ1) is 12.5. The van der Waals surface area contributed by atoms with Crippen molar-refractivity contribution in [3.05, 3.63) is 29.8 Å². The lowest BCUT2D eigenvalue weighted by atomic mass is 9.99. The number of likely N-dealkylation sites (tertiary alicyclic amines) is 1. The van der Waals surface area contributed by atoms with E-state index in [1.165, 1.54) is 25.9 Å². The lowest BCUT2D eigenvalue weighted by Gasteiger charge is -2.30. The van der Waals surface area contributed by atoms with Crippen LogP contribution in [0.15, 0.2) is 24.3 Å². The van der Waals surface area contributed by atoms with Gasteiger partial charge in [-0.2, -0.15) is 0 Å². The van der Waals surface area contributed by atoms with Crippen molar-refractivity contribution in [3.63, 3.8) is 0 Å². The summed E-state index contributed by atoms with van der Waals surface area (Å²) >= 11 is 0. The lowest BCUT2D eigenvalue weighted by molar-refractivity contribution is -0.121. The smallest absolute Gasteiger partial charge is 0.220 e. The average molecular weight is 360 g/mol. The maximum atomic E-state index is 11.9. The fraction of sp³-hybridized carbons (Fsp3) is 0.619. The third kappa shape index (κ3) is 7.56. The molecule has 0 bridgehead atoms. The summed E-state index contributed by atoms with van der Waals surface area (Å²) in [6.07, 6.45) is 4.77. The minimum absolute atomic E-state index is 0.0445. The van der Waals surface area contributed by atoms with Crippen LogP contribution in [0.2, 0.25) is 0 Å². The van der Waals surface area contributed by atoms with Crippen molar-refractivity contribution in [2.75, 3.05) is 32.8 Å². The van der Waals surface area contributed by atoms with E-state index in [2.05, 4.69) is 17.1 Å². The predicted molar refractivity (Wildman–Crippen MR) is 104 cm³/mol. The molecule has 1 heterocycles. The number of amides is 1. The molecule has 1 aromatic carbocycles. The summed E-state index contributed by atoms with van der Waals surface area (Å²) < 4.78 is 5.61. The van der Waals surface area contributed by atoms with Gasteiger partial charge in [-0.25, -0.2) is 0 Å². The maximum Gasteiger partial charge on any atom is 0.220 e. The van der Waals surface area contributed by atoms with Crippen LogP contribution >= 0.6 is 0 Å². The van der Waals surface area contributed by atoms with Gasteiger partial charge in [-0.1, -0.05) is 6.92 Å². The van der Waals surface area contributed by atoms with Crippen molar-refractivity contribution in [1.29, 1.82) is 0 Å². The summed E-state index contributed by atoms with van der Waals surface area (Å²) in [7, 11) is 0. The van der Waals surface area contributed by atoms with E-state index in [0.717, 1.165) is 31.2 Å². The van der Waals surface area contributed by atoms with Gasteiger partial charge in [-0.15, -0.1) is 0 Å². The molecule has 0 unspecified atom stereocenters. The van der Waals surface area contributed by atoms with E-state index in [4.69, 9.17) is 4.74 Å². The molecule has 2 rings (SSSR count). The number of Topliss-reactive ketones (excluding diaryl/α,β-unsaturated/α-hetero) is 1. The van der Waals surface area contributed by atoms with Crippen LogP contribution in [-0.2, 0) is 4.79 Å². The Morgan fingerprint density at radius 1 is 1.15 bits per heavy atom. The topological polar surface area (TPSA) is 58.6 Å². The van der Waals surface area contributed by atoms with Crippen LogP contribution in [0.5, 0.6) is 5.75 Å². The molecule has 0 radical (unpaired) electrons. The van der Waals surface area contributed by atoms with E-state index >= 15 is 0 Å². The van der Waals surface area contributed by atoms with E-state index < -0.39 is 0 Å². The number of hydrogen-bond donors (Lipinski definition) is 1. The van der Waals surface area contributed by atoms with Gasteiger partial charge in [0.05, 0.1) is 6.61 Å². The predicted octanol–water partition coefficient (Wildman–Crippen LogP) is 3.29. The van der Waals surface area contributed by atoms with Gasteiger partial charge in [0.1, 0.15) is 5.75 Å². The van der Waals surface area contributed by atoms with Gasteiger partial charge in [0, 0.05) is 18.5 Å². The number of benzene rings is 1. The summed E-state index contributed by atoms with van der Waals surface area (Å²) in [5.41, 5.74) is 0.677. The number of carbonyl (C=O) groups is 2. The Kier molecular flexibility index (Phi) is 8.62. The second-order valence-electron chi connectivity index (χ2n) is 7.26. The average Bonchev–Trinajstić information content (AvgIpc) is 2.64. The molecule has 1 aliphatic rings. The van der Waals surface area contributed by atoms with E-state index in [1.807, 2.05) is 0 Å². The van der Waals surface area contributed by atoms with Gasteiger partial charge in [0.2, 0.25) is 5.91 Å². The van der Waals surface area contributed by atoms with Crippen LogP contribution in [0.25, 0.3) is 0 Å². The van der Waals surface area contributed by atoms with E-state index in [1.54, 1.807) is 31.2 Å². The van der Waals surface area contributed by atoms with Gasteiger partial charge in [0.25, 0.3) is 0 Å². The Labute approximate surface area is 157 Å². The molecule has 1 fully saturated rings. The van der Waals surface area contributed by atoms with E-state index in [9.17, 15) is 9.59 Å². The Morgan fingerprint density at radius 2 is 1.85 bits per heavy atom. The van der Waals surface area contributed by atoms with Gasteiger partial charge in [0.15, 0.2) is 5.78 Å². The van der Waals surface area contributed by atoms with Crippen molar-refractivity contribution in [2.24, 2.45) is 5.92 Å². The Bertz CT molecular complexity index is 563. The molecule has 5 nitrogen and oxygen atoms in total. The second-order valence-corrected chi connectivity index (χ2v) is 7.26. The molecule has 144 valence electrons. The molecule has 0 atom stereocenters. The molecule has 0 aromatic heterocycles. The minimum atomic E-state index is 0.0445. The zero-order chi connectivity index (χ0) is 18.8. The highest BCUT2D eigenvalue weighted by Crippen LogP contribution is 2.15. The Hall–Kier alpha value is -1.88. The van der Waals surface area contributed by atoms with Crippen LogP contribution in [0, 0.1) is 5.92 Å². The summed E-state index contributed by atoms with van der Waals surface area (Å²) in [4.78, 5) is 25.6. The number of nitrogens with one attached hydrogen (secondary N) is 1. The Morgan fingerprint density at radius 3 is 2.50 bits per heavy atom. The van der Waals surface area contributed by atoms with Crippen LogP contribution in [0.1, 0.15) is 56.3 Å². The van der Waals surface area contributed by atoms with Crippen molar-refractivity contribution in [2.45, 2.75) is 46.0 Å². The SMILES string of the molecule is CC(=O)c1ccc(OCCCC(=O)NCCCN2CCC(C)CC2)cc1. The molecule has 5 heteroatoms. The molecule has 0 spiro atoms. The first kappa shape index (κ1) is 20.4. The summed E-state index contributed by atoms with van der Waals surface area (Å²) in [5.74, 6) is 1.72. The van der Waals surface area contributed by atoms with Crippen LogP contribution in [0.4, 0.5) is 0 Å². The molecule has 1 amide bonds. The second kappa shape index (κ2) is 11.0. The summed E-state index contributed by atoms with van der Waals surface area (Å²) in [5, 5.41) is 2.99. The zero-order valence-electron chi connectivity index (χ0n) is 16.1. The molecule has 1 aliphatic heterocycles. The number of piperidine rings is 1. The lowest BCUT2D eigenvalue weighted by Crippen LogP contribution is -2.35. The quantitative estimate of drug-likeness (QED) is 0.514. The van der Waals surface area contributed by atoms with Crippen molar-refractivity contribution in [3.8, 4) is 5.75 Å². The molecule has 0 saturated carbocycles. The summed E-state index contributed by atoms with van der Waals surface area (Å²) in [6.45, 7) is 8.58. The van der Waals surface area contributed by atoms with Gasteiger partial charge < -0.3 is 15.0 Å². The highest BCUT2D eigenvalue weighted by Gasteiger charge is 2.14. The van der Waals surface area contributed by atoms with Crippen LogP contribution in [0.3, 0.4) is 0 Å². The fourth-order valence-electron chi connectivity index (χ4n) is 3.11. The number of nitrogens with zero attached hydrogens (tertiary/aromatic N) is 1. The monoisotopic (exact) mass is 360 g/mol. The molecule has 1 saturated heterocycles. The molecular formula is C21H32N2O3. The molecule has 1 aromatic rings. The first-order valence-electron chi connectivity index (χ1n) is 9.77. The first-order valence-corrected chi connectivity index (χ1v) is 9.77.